The van der Waals surface area contributed by atoms with Gasteiger partial charge in [-0.15, -0.1) is 0 Å². The maximum absolute atomic E-state index is 11.9. The Morgan fingerprint density at radius 3 is 2.53 bits per heavy atom. The van der Waals surface area contributed by atoms with Crippen LogP contribution in [0.4, 0.5) is 0 Å². The SMILES string of the molecule is O=C(CCc1ccc(Cl)cc1)N1CCNCC1. The van der Waals surface area contributed by atoms with Crippen molar-refractivity contribution < 1.29 is 4.79 Å². The van der Waals surface area contributed by atoms with E-state index in [0.29, 0.717) is 6.42 Å². The molecule has 0 aromatic heterocycles. The van der Waals surface area contributed by atoms with Crippen LogP contribution in [-0.4, -0.2) is 37.0 Å². The summed E-state index contributed by atoms with van der Waals surface area (Å²) in [5.41, 5.74) is 1.16. The van der Waals surface area contributed by atoms with Crippen molar-refractivity contribution in [2.24, 2.45) is 0 Å². The third-order valence-electron chi connectivity index (χ3n) is 3.01. The lowest BCUT2D eigenvalue weighted by Gasteiger charge is -2.27. The molecule has 2 rings (SSSR count). The Labute approximate surface area is 107 Å². The summed E-state index contributed by atoms with van der Waals surface area (Å²) in [6.07, 6.45) is 1.38. The lowest BCUT2D eigenvalue weighted by molar-refractivity contribution is -0.131. The predicted molar refractivity (Wildman–Crippen MR) is 69.2 cm³/mol. The summed E-state index contributed by atoms with van der Waals surface area (Å²) < 4.78 is 0. The second kappa shape index (κ2) is 6.03. The van der Waals surface area contributed by atoms with Gasteiger partial charge in [-0.2, -0.15) is 0 Å². The topological polar surface area (TPSA) is 32.3 Å². The van der Waals surface area contributed by atoms with Gasteiger partial charge in [0.1, 0.15) is 0 Å². The molecule has 1 aromatic rings. The molecule has 0 bridgehead atoms. The van der Waals surface area contributed by atoms with Crippen molar-refractivity contribution in [3.8, 4) is 0 Å². The Balaban J connectivity index is 1.81. The molecule has 0 spiro atoms. The monoisotopic (exact) mass is 252 g/mol. The second-order valence-corrected chi connectivity index (χ2v) is 4.69. The largest absolute Gasteiger partial charge is 0.340 e. The van der Waals surface area contributed by atoms with E-state index in [1.54, 1.807) is 0 Å². The maximum atomic E-state index is 11.9. The quantitative estimate of drug-likeness (QED) is 0.888. The molecule has 1 saturated heterocycles. The second-order valence-electron chi connectivity index (χ2n) is 4.26. The molecule has 17 heavy (non-hydrogen) atoms. The van der Waals surface area contributed by atoms with Gasteiger partial charge in [0.2, 0.25) is 5.91 Å². The van der Waals surface area contributed by atoms with Gasteiger partial charge in [0.15, 0.2) is 0 Å². The van der Waals surface area contributed by atoms with Gasteiger partial charge in [-0.3, -0.25) is 4.79 Å². The molecule has 1 aliphatic rings. The fraction of sp³-hybridized carbons (Fsp3) is 0.462. The summed E-state index contributed by atoms with van der Waals surface area (Å²) in [5, 5.41) is 3.98. The van der Waals surface area contributed by atoms with Crippen molar-refractivity contribution in [1.29, 1.82) is 0 Å². The average molecular weight is 253 g/mol. The molecular formula is C13H17ClN2O. The highest BCUT2D eigenvalue weighted by Crippen LogP contribution is 2.11. The molecule has 1 amide bonds. The highest BCUT2D eigenvalue weighted by molar-refractivity contribution is 6.30. The van der Waals surface area contributed by atoms with E-state index in [1.165, 1.54) is 0 Å². The first-order chi connectivity index (χ1) is 8.25. The highest BCUT2D eigenvalue weighted by Gasteiger charge is 2.15. The molecule has 4 heteroatoms. The average Bonchev–Trinajstić information content (AvgIpc) is 2.39. The fourth-order valence-corrected chi connectivity index (χ4v) is 2.10. The van der Waals surface area contributed by atoms with E-state index >= 15 is 0 Å². The molecule has 0 saturated carbocycles. The van der Waals surface area contributed by atoms with Crippen LogP contribution in [0.15, 0.2) is 24.3 Å². The van der Waals surface area contributed by atoms with E-state index in [4.69, 9.17) is 11.6 Å². The Kier molecular flexibility index (Phi) is 4.40. The number of hydrogen-bond acceptors (Lipinski definition) is 2. The van der Waals surface area contributed by atoms with Crippen LogP contribution in [0.25, 0.3) is 0 Å². The molecule has 1 fully saturated rings. The predicted octanol–water partition coefficient (Wildman–Crippen LogP) is 1.70. The lowest BCUT2D eigenvalue weighted by Crippen LogP contribution is -2.46. The summed E-state index contributed by atoms with van der Waals surface area (Å²) in [6, 6.07) is 7.69. The van der Waals surface area contributed by atoms with Crippen molar-refractivity contribution in [3.63, 3.8) is 0 Å². The van der Waals surface area contributed by atoms with Gasteiger partial charge in [0, 0.05) is 37.6 Å². The number of carbonyl (C=O) groups is 1. The summed E-state index contributed by atoms with van der Waals surface area (Å²) in [4.78, 5) is 13.8. The van der Waals surface area contributed by atoms with E-state index < -0.39 is 0 Å². The summed E-state index contributed by atoms with van der Waals surface area (Å²) >= 11 is 5.81. The van der Waals surface area contributed by atoms with Crippen LogP contribution in [0, 0.1) is 0 Å². The Morgan fingerprint density at radius 1 is 1.24 bits per heavy atom. The first-order valence-corrected chi connectivity index (χ1v) is 6.36. The summed E-state index contributed by atoms with van der Waals surface area (Å²) in [5.74, 6) is 0.251. The molecule has 0 atom stereocenters. The zero-order valence-corrected chi connectivity index (χ0v) is 10.5. The zero-order valence-electron chi connectivity index (χ0n) is 9.79. The first-order valence-electron chi connectivity index (χ1n) is 5.98. The molecule has 1 heterocycles. The minimum Gasteiger partial charge on any atom is -0.340 e. The minimum atomic E-state index is 0.251. The molecule has 3 nitrogen and oxygen atoms in total. The first kappa shape index (κ1) is 12.4. The highest BCUT2D eigenvalue weighted by atomic mass is 35.5. The van der Waals surface area contributed by atoms with Gasteiger partial charge in [-0.25, -0.2) is 0 Å². The van der Waals surface area contributed by atoms with Gasteiger partial charge in [-0.05, 0) is 24.1 Å². The van der Waals surface area contributed by atoms with Crippen LogP contribution >= 0.6 is 11.6 Å². The number of amides is 1. The van der Waals surface area contributed by atoms with Crippen molar-refractivity contribution >= 4 is 17.5 Å². The van der Waals surface area contributed by atoms with E-state index in [9.17, 15) is 4.79 Å². The van der Waals surface area contributed by atoms with Crippen LogP contribution in [0.2, 0.25) is 5.02 Å². The molecule has 0 unspecified atom stereocenters. The van der Waals surface area contributed by atoms with Gasteiger partial charge >= 0.3 is 0 Å². The van der Waals surface area contributed by atoms with Gasteiger partial charge in [0.25, 0.3) is 0 Å². The molecule has 1 aliphatic heterocycles. The number of nitrogens with zero attached hydrogens (tertiary/aromatic N) is 1. The van der Waals surface area contributed by atoms with Crippen molar-refractivity contribution in [1.82, 2.24) is 10.2 Å². The Bertz CT molecular complexity index is 372. The normalized spacial score (nSPS) is 15.9. The van der Waals surface area contributed by atoms with E-state index in [1.807, 2.05) is 29.2 Å². The van der Waals surface area contributed by atoms with Crippen LogP contribution in [0.3, 0.4) is 0 Å². The standard InChI is InChI=1S/C13H17ClN2O/c14-12-4-1-11(2-5-12)3-6-13(17)16-9-7-15-8-10-16/h1-2,4-5,15H,3,6-10H2. The zero-order chi connectivity index (χ0) is 12.1. The number of benzene rings is 1. The maximum Gasteiger partial charge on any atom is 0.222 e. The Hall–Kier alpha value is -1.06. The van der Waals surface area contributed by atoms with E-state index in [2.05, 4.69) is 5.32 Å². The summed E-state index contributed by atoms with van der Waals surface area (Å²) in [7, 11) is 0. The van der Waals surface area contributed by atoms with Crippen LogP contribution in [0.5, 0.6) is 0 Å². The molecule has 0 aliphatic carbocycles. The third kappa shape index (κ3) is 3.72. The molecule has 1 aromatic carbocycles. The third-order valence-corrected chi connectivity index (χ3v) is 3.26. The fourth-order valence-electron chi connectivity index (χ4n) is 1.97. The lowest BCUT2D eigenvalue weighted by atomic mass is 10.1. The van der Waals surface area contributed by atoms with Crippen LogP contribution in [-0.2, 0) is 11.2 Å². The van der Waals surface area contributed by atoms with Crippen molar-refractivity contribution in [2.45, 2.75) is 12.8 Å². The number of halogens is 1. The number of nitrogens with one attached hydrogen (secondary N) is 1. The Morgan fingerprint density at radius 2 is 1.88 bits per heavy atom. The van der Waals surface area contributed by atoms with Crippen LogP contribution < -0.4 is 5.32 Å². The molecule has 92 valence electrons. The van der Waals surface area contributed by atoms with Gasteiger partial charge < -0.3 is 10.2 Å². The number of piperazine rings is 1. The minimum absolute atomic E-state index is 0.251. The number of hydrogen-bond donors (Lipinski definition) is 1. The summed E-state index contributed by atoms with van der Waals surface area (Å²) in [6.45, 7) is 3.48. The molecule has 1 N–H and O–H groups in total. The smallest absolute Gasteiger partial charge is 0.222 e. The van der Waals surface area contributed by atoms with E-state index in [-0.39, 0.29) is 5.91 Å². The number of rotatable bonds is 3. The molecular weight excluding hydrogens is 236 g/mol. The number of carbonyl (C=O) groups excluding carboxylic acids is 1. The van der Waals surface area contributed by atoms with Crippen molar-refractivity contribution in [3.05, 3.63) is 34.9 Å². The van der Waals surface area contributed by atoms with Crippen LogP contribution in [0.1, 0.15) is 12.0 Å². The van der Waals surface area contributed by atoms with Gasteiger partial charge in [-0.1, -0.05) is 23.7 Å². The van der Waals surface area contributed by atoms with Gasteiger partial charge in [0.05, 0.1) is 0 Å². The van der Waals surface area contributed by atoms with Crippen molar-refractivity contribution in [2.75, 3.05) is 26.2 Å². The molecule has 0 radical (unpaired) electrons. The number of aryl methyl sites for hydroxylation is 1. The van der Waals surface area contributed by atoms with E-state index in [0.717, 1.165) is 43.2 Å².